The van der Waals surface area contributed by atoms with Crippen LogP contribution in [0.2, 0.25) is 0 Å². The number of nitrogens with zero attached hydrogens (tertiary/aromatic N) is 2. The van der Waals surface area contributed by atoms with Crippen molar-refractivity contribution in [1.29, 1.82) is 0 Å². The van der Waals surface area contributed by atoms with Crippen LogP contribution in [-0.4, -0.2) is 53.8 Å². The molecule has 9 nitrogen and oxygen atoms in total. The molecule has 1 aliphatic rings. The van der Waals surface area contributed by atoms with Gasteiger partial charge < -0.3 is 15.7 Å². The van der Waals surface area contributed by atoms with E-state index in [0.717, 1.165) is 11.1 Å². The van der Waals surface area contributed by atoms with E-state index in [1.807, 2.05) is 50.2 Å². The minimum atomic E-state index is -3.92. The number of nitrogens with one attached hydrogen (secondary N) is 2. The van der Waals surface area contributed by atoms with Crippen molar-refractivity contribution in [3.05, 3.63) is 76.3 Å². The second kappa shape index (κ2) is 13.1. The number of benzene rings is 2. The SMILES string of the molecule is CC(C)c1ccc(CNC(=O)[C@H]2C[C@H](CNc3nc(C(=O)O)cs3)CCN2S(=O)(=O)c2ccc(C(C)C)cc2)cc1. The summed E-state index contributed by atoms with van der Waals surface area (Å²) >= 11 is 1.20. The summed E-state index contributed by atoms with van der Waals surface area (Å²) in [7, 11) is -3.92. The van der Waals surface area contributed by atoms with Gasteiger partial charge in [0.25, 0.3) is 0 Å². The summed E-state index contributed by atoms with van der Waals surface area (Å²) < 4.78 is 28.9. The molecule has 4 rings (SSSR count). The van der Waals surface area contributed by atoms with Crippen LogP contribution < -0.4 is 10.6 Å². The summed E-state index contributed by atoms with van der Waals surface area (Å²) in [5.41, 5.74) is 3.16. The molecular formula is C30H38N4O5S2. The number of rotatable bonds is 11. The second-order valence-corrected chi connectivity index (χ2v) is 13.8. The number of hydrogen-bond acceptors (Lipinski definition) is 7. The molecule has 2 heterocycles. The van der Waals surface area contributed by atoms with Crippen LogP contribution in [0.15, 0.2) is 58.8 Å². The summed E-state index contributed by atoms with van der Waals surface area (Å²) in [5.74, 6) is -0.771. The van der Waals surface area contributed by atoms with E-state index in [1.54, 1.807) is 12.1 Å². The molecule has 0 bridgehead atoms. The van der Waals surface area contributed by atoms with Crippen molar-refractivity contribution in [2.75, 3.05) is 18.4 Å². The van der Waals surface area contributed by atoms with Crippen LogP contribution in [0.5, 0.6) is 0 Å². The molecule has 0 radical (unpaired) electrons. The van der Waals surface area contributed by atoms with E-state index in [2.05, 4.69) is 29.5 Å². The summed E-state index contributed by atoms with van der Waals surface area (Å²) in [4.78, 5) is 29.0. The number of carbonyl (C=O) groups is 2. The average Bonchev–Trinajstić information content (AvgIpc) is 3.44. The van der Waals surface area contributed by atoms with Crippen LogP contribution in [0.25, 0.3) is 0 Å². The van der Waals surface area contributed by atoms with Gasteiger partial charge in [0.05, 0.1) is 4.90 Å². The standard InChI is InChI=1S/C30H38N4O5S2/c1-19(2)23-7-5-21(6-8-23)16-31-28(35)27-15-22(17-32-30-33-26(18-40-30)29(36)37)13-14-34(27)41(38,39)25-11-9-24(10-12-25)20(3)4/h5-12,18-20,22,27H,13-17H2,1-4H3,(H,31,35)(H,32,33)(H,36,37)/t22-,27-/m1/s1. The Morgan fingerprint density at radius 3 is 2.20 bits per heavy atom. The molecule has 3 aromatic rings. The van der Waals surface area contributed by atoms with Gasteiger partial charge in [0, 0.05) is 25.0 Å². The van der Waals surface area contributed by atoms with Gasteiger partial charge in [-0.15, -0.1) is 11.3 Å². The summed E-state index contributed by atoms with van der Waals surface area (Å²) in [6.07, 6.45) is 0.875. The van der Waals surface area contributed by atoms with Crippen molar-refractivity contribution in [3.63, 3.8) is 0 Å². The number of thiazole rings is 1. The third kappa shape index (κ3) is 7.52. The highest BCUT2D eigenvalue weighted by atomic mass is 32.2. The van der Waals surface area contributed by atoms with Gasteiger partial charge in [-0.25, -0.2) is 18.2 Å². The van der Waals surface area contributed by atoms with Crippen molar-refractivity contribution < 1.29 is 23.1 Å². The molecule has 0 saturated carbocycles. The number of carbonyl (C=O) groups excluding carboxylic acids is 1. The van der Waals surface area contributed by atoms with Gasteiger partial charge in [0.15, 0.2) is 10.8 Å². The number of sulfonamides is 1. The smallest absolute Gasteiger partial charge is 0.355 e. The van der Waals surface area contributed by atoms with Gasteiger partial charge >= 0.3 is 5.97 Å². The highest BCUT2D eigenvalue weighted by molar-refractivity contribution is 7.89. The fraction of sp³-hybridized carbons (Fsp3) is 0.433. The van der Waals surface area contributed by atoms with E-state index >= 15 is 0 Å². The van der Waals surface area contributed by atoms with Crippen LogP contribution in [0, 0.1) is 5.92 Å². The van der Waals surface area contributed by atoms with Gasteiger partial charge in [0.1, 0.15) is 6.04 Å². The molecule has 2 atom stereocenters. The van der Waals surface area contributed by atoms with Crippen LogP contribution >= 0.6 is 11.3 Å². The molecule has 0 unspecified atom stereocenters. The molecule has 1 amide bonds. The van der Waals surface area contributed by atoms with Crippen LogP contribution in [-0.2, 0) is 21.4 Å². The Morgan fingerprint density at radius 2 is 1.63 bits per heavy atom. The lowest BCUT2D eigenvalue weighted by Gasteiger charge is -2.37. The van der Waals surface area contributed by atoms with Gasteiger partial charge in [-0.05, 0) is 59.4 Å². The molecule has 0 spiro atoms. The van der Waals surface area contributed by atoms with Crippen LogP contribution in [0.1, 0.15) is 79.6 Å². The minimum absolute atomic E-state index is 0.0111. The summed E-state index contributed by atoms with van der Waals surface area (Å²) in [5, 5.41) is 17.2. The van der Waals surface area contributed by atoms with Gasteiger partial charge in [0.2, 0.25) is 15.9 Å². The molecule has 1 aromatic heterocycles. The number of piperidine rings is 1. The molecule has 220 valence electrons. The topological polar surface area (TPSA) is 129 Å². The lowest BCUT2D eigenvalue weighted by molar-refractivity contribution is -0.126. The summed E-state index contributed by atoms with van der Waals surface area (Å²) in [6, 6.07) is 14.0. The number of hydrogen-bond donors (Lipinski definition) is 3. The predicted octanol–water partition coefficient (Wildman–Crippen LogP) is 5.29. The number of aromatic nitrogens is 1. The van der Waals surface area contributed by atoms with E-state index in [-0.39, 0.29) is 34.9 Å². The van der Waals surface area contributed by atoms with E-state index in [4.69, 9.17) is 5.11 Å². The number of aromatic carboxylic acids is 1. The third-order valence-corrected chi connectivity index (χ3v) is 10.2. The maximum Gasteiger partial charge on any atom is 0.355 e. The van der Waals surface area contributed by atoms with Gasteiger partial charge in [-0.3, -0.25) is 4.79 Å². The van der Waals surface area contributed by atoms with E-state index < -0.39 is 22.0 Å². The molecular weight excluding hydrogens is 560 g/mol. The molecule has 3 N–H and O–H groups in total. The molecule has 1 fully saturated rings. The van der Waals surface area contributed by atoms with E-state index in [1.165, 1.54) is 26.6 Å². The van der Waals surface area contributed by atoms with Crippen LogP contribution in [0.3, 0.4) is 0 Å². The van der Waals surface area contributed by atoms with Crippen molar-refractivity contribution in [2.45, 2.75) is 69.9 Å². The number of anilines is 1. The van der Waals surface area contributed by atoms with Crippen molar-refractivity contribution in [1.82, 2.24) is 14.6 Å². The number of carboxylic acid groups (broad SMARTS) is 1. The lowest BCUT2D eigenvalue weighted by atomic mass is 9.92. The maximum absolute atomic E-state index is 13.8. The van der Waals surface area contributed by atoms with Crippen molar-refractivity contribution in [3.8, 4) is 0 Å². The Kier molecular flexibility index (Phi) is 9.83. The lowest BCUT2D eigenvalue weighted by Crippen LogP contribution is -2.54. The minimum Gasteiger partial charge on any atom is -0.476 e. The maximum atomic E-state index is 13.8. The zero-order chi connectivity index (χ0) is 29.7. The monoisotopic (exact) mass is 598 g/mol. The fourth-order valence-corrected chi connectivity index (χ4v) is 7.21. The number of amides is 1. The normalized spacial score (nSPS) is 18.0. The largest absolute Gasteiger partial charge is 0.476 e. The zero-order valence-electron chi connectivity index (χ0n) is 23.8. The Balaban J connectivity index is 1.51. The molecule has 1 aliphatic heterocycles. The first-order chi connectivity index (χ1) is 19.5. The van der Waals surface area contributed by atoms with Crippen molar-refractivity contribution >= 4 is 38.4 Å². The highest BCUT2D eigenvalue weighted by Crippen LogP contribution is 2.30. The van der Waals surface area contributed by atoms with Crippen LogP contribution in [0.4, 0.5) is 5.13 Å². The Morgan fingerprint density at radius 1 is 1.02 bits per heavy atom. The first kappa shape index (κ1) is 30.7. The molecule has 1 saturated heterocycles. The molecule has 11 heteroatoms. The molecule has 2 aromatic carbocycles. The highest BCUT2D eigenvalue weighted by Gasteiger charge is 2.40. The predicted molar refractivity (Wildman–Crippen MR) is 161 cm³/mol. The van der Waals surface area contributed by atoms with Gasteiger partial charge in [-0.2, -0.15) is 4.31 Å². The van der Waals surface area contributed by atoms with Crippen molar-refractivity contribution in [2.24, 2.45) is 5.92 Å². The Bertz CT molecular complexity index is 1450. The molecule has 0 aliphatic carbocycles. The first-order valence-corrected chi connectivity index (χ1v) is 16.2. The first-order valence-electron chi connectivity index (χ1n) is 13.9. The summed E-state index contributed by atoms with van der Waals surface area (Å²) in [6.45, 7) is 9.28. The average molecular weight is 599 g/mol. The number of carboxylic acids is 1. The Labute approximate surface area is 246 Å². The Hall–Kier alpha value is -3.28. The second-order valence-electron chi connectivity index (χ2n) is 11.1. The van der Waals surface area contributed by atoms with E-state index in [9.17, 15) is 18.0 Å². The zero-order valence-corrected chi connectivity index (χ0v) is 25.5. The van der Waals surface area contributed by atoms with E-state index in [0.29, 0.717) is 37.0 Å². The molecule has 41 heavy (non-hydrogen) atoms. The quantitative estimate of drug-likeness (QED) is 0.274. The fourth-order valence-electron chi connectivity index (χ4n) is 4.90. The van der Waals surface area contributed by atoms with Gasteiger partial charge in [-0.1, -0.05) is 64.1 Å². The third-order valence-electron chi connectivity index (χ3n) is 7.50.